The van der Waals surface area contributed by atoms with E-state index in [-0.39, 0.29) is 11.9 Å². The topological polar surface area (TPSA) is 46.3 Å². The Kier molecular flexibility index (Phi) is 2.98. The first-order chi connectivity index (χ1) is 7.24. The van der Waals surface area contributed by atoms with Gasteiger partial charge in [-0.15, -0.1) is 11.8 Å². The smallest absolute Gasteiger partial charge is 0.243 e. The first kappa shape index (κ1) is 10.5. The highest BCUT2D eigenvalue weighted by Gasteiger charge is 2.30. The quantitative estimate of drug-likeness (QED) is 0.771. The van der Waals surface area contributed by atoms with Crippen molar-refractivity contribution in [2.75, 3.05) is 17.7 Å². The molecule has 0 bridgehead atoms. The minimum absolute atomic E-state index is 0.0384. The maximum absolute atomic E-state index is 11.8. The van der Waals surface area contributed by atoms with E-state index in [0.29, 0.717) is 0 Å². The summed E-state index contributed by atoms with van der Waals surface area (Å²) in [4.78, 5) is 14.7. The minimum atomic E-state index is -0.320. The molecule has 1 fully saturated rings. The Bertz CT molecular complexity index is 381. The summed E-state index contributed by atoms with van der Waals surface area (Å²) in [6.45, 7) is 0.734. The molecule has 1 aliphatic heterocycles. The number of rotatable bonds is 2. The van der Waals surface area contributed by atoms with E-state index in [4.69, 9.17) is 5.73 Å². The number of benzene rings is 1. The molecule has 2 rings (SSSR count). The monoisotopic (exact) mass is 222 g/mol. The summed E-state index contributed by atoms with van der Waals surface area (Å²) in [5.41, 5.74) is 6.69. The highest BCUT2D eigenvalue weighted by atomic mass is 32.2. The van der Waals surface area contributed by atoms with Crippen LogP contribution in [0.5, 0.6) is 0 Å². The molecule has 0 aromatic heterocycles. The fourth-order valence-corrected chi connectivity index (χ4v) is 2.40. The SMILES string of the molecule is CSc1ccccc1N1CCC(N)C1=O. The fraction of sp³-hybridized carbons (Fsp3) is 0.364. The van der Waals surface area contributed by atoms with Gasteiger partial charge < -0.3 is 10.6 Å². The van der Waals surface area contributed by atoms with Gasteiger partial charge in [0.1, 0.15) is 0 Å². The van der Waals surface area contributed by atoms with Gasteiger partial charge in [-0.25, -0.2) is 0 Å². The Hall–Kier alpha value is -1.00. The summed E-state index contributed by atoms with van der Waals surface area (Å²) in [5, 5.41) is 0. The summed E-state index contributed by atoms with van der Waals surface area (Å²) in [7, 11) is 0. The van der Waals surface area contributed by atoms with Crippen molar-refractivity contribution in [2.45, 2.75) is 17.4 Å². The number of hydrogen-bond acceptors (Lipinski definition) is 3. The second-order valence-corrected chi connectivity index (χ2v) is 4.40. The number of hydrogen-bond donors (Lipinski definition) is 1. The Labute approximate surface area is 93.6 Å². The maximum Gasteiger partial charge on any atom is 0.243 e. The molecule has 0 aliphatic carbocycles. The Morgan fingerprint density at radius 2 is 2.20 bits per heavy atom. The van der Waals surface area contributed by atoms with Gasteiger partial charge in [-0.2, -0.15) is 0 Å². The van der Waals surface area contributed by atoms with Crippen molar-refractivity contribution in [1.29, 1.82) is 0 Å². The first-order valence-corrected chi connectivity index (χ1v) is 6.16. The van der Waals surface area contributed by atoms with Gasteiger partial charge in [0, 0.05) is 11.4 Å². The van der Waals surface area contributed by atoms with Crippen LogP contribution in [0.15, 0.2) is 29.2 Å². The molecule has 1 heterocycles. The fourth-order valence-electron chi connectivity index (χ4n) is 1.79. The van der Waals surface area contributed by atoms with Crippen molar-refractivity contribution in [3.8, 4) is 0 Å². The molecule has 80 valence electrons. The van der Waals surface area contributed by atoms with Crippen LogP contribution in [-0.4, -0.2) is 24.7 Å². The number of amides is 1. The van der Waals surface area contributed by atoms with Crippen LogP contribution < -0.4 is 10.6 Å². The summed E-state index contributed by atoms with van der Waals surface area (Å²) in [5.74, 6) is 0.0384. The second-order valence-electron chi connectivity index (χ2n) is 3.56. The number of nitrogens with zero attached hydrogens (tertiary/aromatic N) is 1. The number of nitrogens with two attached hydrogens (primary N) is 1. The largest absolute Gasteiger partial charge is 0.320 e. The first-order valence-electron chi connectivity index (χ1n) is 4.94. The highest BCUT2D eigenvalue weighted by Crippen LogP contribution is 2.30. The van der Waals surface area contributed by atoms with E-state index in [1.807, 2.05) is 30.5 Å². The van der Waals surface area contributed by atoms with Crippen molar-refractivity contribution in [1.82, 2.24) is 0 Å². The van der Waals surface area contributed by atoms with Crippen molar-refractivity contribution in [2.24, 2.45) is 5.73 Å². The standard InChI is InChI=1S/C11H14N2OS/c1-15-10-5-3-2-4-9(10)13-7-6-8(12)11(13)14/h2-5,8H,6-7,12H2,1H3. The van der Waals surface area contributed by atoms with Crippen LogP contribution in [0.4, 0.5) is 5.69 Å². The van der Waals surface area contributed by atoms with Crippen LogP contribution in [0.25, 0.3) is 0 Å². The number of thioether (sulfide) groups is 1. The second kappa shape index (κ2) is 4.24. The van der Waals surface area contributed by atoms with Crippen LogP contribution in [0, 0.1) is 0 Å². The molecule has 1 amide bonds. The van der Waals surface area contributed by atoms with Crippen LogP contribution in [-0.2, 0) is 4.79 Å². The van der Waals surface area contributed by atoms with Gasteiger partial charge in [-0.1, -0.05) is 12.1 Å². The Morgan fingerprint density at radius 3 is 2.80 bits per heavy atom. The Balaban J connectivity index is 2.33. The molecule has 1 atom stereocenters. The molecule has 4 heteroatoms. The van der Waals surface area contributed by atoms with Gasteiger partial charge >= 0.3 is 0 Å². The van der Waals surface area contributed by atoms with Crippen LogP contribution in [0.1, 0.15) is 6.42 Å². The molecular weight excluding hydrogens is 208 g/mol. The van der Waals surface area contributed by atoms with Crippen LogP contribution in [0.2, 0.25) is 0 Å². The van der Waals surface area contributed by atoms with Gasteiger partial charge in [-0.05, 0) is 24.8 Å². The minimum Gasteiger partial charge on any atom is -0.320 e. The van der Waals surface area contributed by atoms with Gasteiger partial charge in [-0.3, -0.25) is 4.79 Å². The zero-order valence-corrected chi connectivity index (χ0v) is 9.46. The molecule has 15 heavy (non-hydrogen) atoms. The van der Waals surface area contributed by atoms with E-state index >= 15 is 0 Å². The number of carbonyl (C=O) groups is 1. The van der Waals surface area contributed by atoms with Gasteiger partial charge in [0.05, 0.1) is 11.7 Å². The third-order valence-corrected chi connectivity index (χ3v) is 3.41. The van der Waals surface area contributed by atoms with Gasteiger partial charge in [0.25, 0.3) is 0 Å². The van der Waals surface area contributed by atoms with Gasteiger partial charge in [0.2, 0.25) is 5.91 Å². The third kappa shape index (κ3) is 1.87. The molecule has 1 saturated heterocycles. The average Bonchev–Trinajstić information content (AvgIpc) is 2.60. The highest BCUT2D eigenvalue weighted by molar-refractivity contribution is 7.98. The van der Waals surface area contributed by atoms with Crippen molar-refractivity contribution in [3.63, 3.8) is 0 Å². The molecule has 1 aliphatic rings. The zero-order valence-electron chi connectivity index (χ0n) is 8.64. The maximum atomic E-state index is 11.8. The molecule has 0 saturated carbocycles. The lowest BCUT2D eigenvalue weighted by Crippen LogP contribution is -2.34. The van der Waals surface area contributed by atoms with E-state index in [1.165, 1.54) is 0 Å². The number of anilines is 1. The zero-order chi connectivity index (χ0) is 10.8. The predicted octanol–water partition coefficient (Wildman–Crippen LogP) is 1.47. The van der Waals surface area contributed by atoms with E-state index in [2.05, 4.69) is 0 Å². The molecule has 1 aromatic rings. The van der Waals surface area contributed by atoms with E-state index in [1.54, 1.807) is 16.7 Å². The summed E-state index contributed by atoms with van der Waals surface area (Å²) < 4.78 is 0. The van der Waals surface area contributed by atoms with Crippen molar-refractivity contribution >= 4 is 23.4 Å². The van der Waals surface area contributed by atoms with E-state index < -0.39 is 0 Å². The van der Waals surface area contributed by atoms with Crippen LogP contribution >= 0.6 is 11.8 Å². The lowest BCUT2D eigenvalue weighted by Gasteiger charge is -2.18. The number of carbonyl (C=O) groups excluding carboxylic acids is 1. The van der Waals surface area contributed by atoms with Crippen molar-refractivity contribution < 1.29 is 4.79 Å². The lowest BCUT2D eigenvalue weighted by atomic mass is 10.3. The molecule has 2 N–H and O–H groups in total. The average molecular weight is 222 g/mol. The van der Waals surface area contributed by atoms with E-state index in [9.17, 15) is 4.79 Å². The lowest BCUT2D eigenvalue weighted by molar-refractivity contribution is -0.118. The molecular formula is C11H14N2OS. The summed E-state index contributed by atoms with van der Waals surface area (Å²) in [6, 6.07) is 7.61. The molecule has 0 radical (unpaired) electrons. The molecule has 1 unspecified atom stereocenters. The van der Waals surface area contributed by atoms with Crippen LogP contribution in [0.3, 0.4) is 0 Å². The third-order valence-electron chi connectivity index (χ3n) is 2.62. The van der Waals surface area contributed by atoms with Gasteiger partial charge in [0.15, 0.2) is 0 Å². The molecule has 3 nitrogen and oxygen atoms in total. The molecule has 0 spiro atoms. The number of para-hydroxylation sites is 1. The molecule has 1 aromatic carbocycles. The predicted molar refractivity (Wildman–Crippen MR) is 63.2 cm³/mol. The Morgan fingerprint density at radius 1 is 1.47 bits per heavy atom. The van der Waals surface area contributed by atoms with Crippen molar-refractivity contribution in [3.05, 3.63) is 24.3 Å². The summed E-state index contributed by atoms with van der Waals surface area (Å²) in [6.07, 6.45) is 2.76. The summed E-state index contributed by atoms with van der Waals surface area (Å²) >= 11 is 1.65. The van der Waals surface area contributed by atoms with E-state index in [0.717, 1.165) is 23.5 Å². The normalized spacial score (nSPS) is 21.1.